The minimum atomic E-state index is -0.250. The van der Waals surface area contributed by atoms with Crippen LogP contribution in [0, 0.1) is 0 Å². The van der Waals surface area contributed by atoms with E-state index >= 15 is 0 Å². The Morgan fingerprint density at radius 2 is 1.96 bits per heavy atom. The van der Waals surface area contributed by atoms with Gasteiger partial charge in [0, 0.05) is 18.5 Å². The number of carbonyl (C=O) groups excluding carboxylic acids is 1. The normalized spacial score (nSPS) is 10.8. The van der Waals surface area contributed by atoms with Crippen molar-refractivity contribution < 1.29 is 14.3 Å². The van der Waals surface area contributed by atoms with Crippen LogP contribution in [-0.4, -0.2) is 33.9 Å². The van der Waals surface area contributed by atoms with E-state index in [1.807, 2.05) is 38.1 Å². The van der Waals surface area contributed by atoms with Crippen LogP contribution >= 0.6 is 0 Å². The molecule has 0 spiro atoms. The molecular weight excluding hydrogens is 356 g/mol. The highest BCUT2D eigenvalue weighted by Crippen LogP contribution is 2.29. The number of hydrogen-bond acceptors (Lipinski definition) is 5. The summed E-state index contributed by atoms with van der Waals surface area (Å²) in [6.07, 6.45) is 8.26. The van der Waals surface area contributed by atoms with Gasteiger partial charge in [-0.1, -0.05) is 6.07 Å². The van der Waals surface area contributed by atoms with Gasteiger partial charge in [0.15, 0.2) is 17.3 Å². The molecule has 28 heavy (non-hydrogen) atoms. The van der Waals surface area contributed by atoms with Crippen LogP contribution in [0.3, 0.4) is 0 Å². The molecule has 0 fully saturated rings. The number of hydrogen-bond donors (Lipinski definition) is 1. The SMILES string of the molecule is CCOc1ccc(/C=C/C(=O)Nc2ccc(-n3cccn3)nc2)cc1OCC. The first kappa shape index (κ1) is 19.2. The van der Waals surface area contributed by atoms with Crippen molar-refractivity contribution in [2.24, 2.45) is 0 Å². The molecule has 3 rings (SSSR count). The molecule has 2 heterocycles. The standard InChI is InChI=1S/C21H22N4O3/c1-3-27-18-9-6-16(14-19(18)28-4-2)7-11-21(26)24-17-8-10-20(22-15-17)25-13-5-12-23-25/h5-15H,3-4H2,1-2H3,(H,24,26)/b11-7+. The van der Waals surface area contributed by atoms with Gasteiger partial charge in [-0.15, -0.1) is 0 Å². The van der Waals surface area contributed by atoms with Gasteiger partial charge in [0.25, 0.3) is 0 Å². The number of carbonyl (C=O) groups is 1. The molecule has 3 aromatic rings. The Balaban J connectivity index is 1.64. The van der Waals surface area contributed by atoms with Gasteiger partial charge >= 0.3 is 0 Å². The number of rotatable bonds is 8. The lowest BCUT2D eigenvalue weighted by Crippen LogP contribution is -2.08. The van der Waals surface area contributed by atoms with Gasteiger partial charge in [-0.05, 0) is 55.8 Å². The van der Waals surface area contributed by atoms with Gasteiger partial charge in [-0.25, -0.2) is 9.67 Å². The smallest absolute Gasteiger partial charge is 0.248 e. The second-order valence-electron chi connectivity index (χ2n) is 5.75. The number of pyridine rings is 1. The molecule has 0 bridgehead atoms. The Morgan fingerprint density at radius 1 is 1.14 bits per heavy atom. The van der Waals surface area contributed by atoms with E-state index in [2.05, 4.69) is 15.4 Å². The molecule has 0 radical (unpaired) electrons. The Labute approximate surface area is 163 Å². The fourth-order valence-corrected chi connectivity index (χ4v) is 2.53. The first-order valence-corrected chi connectivity index (χ1v) is 9.04. The average molecular weight is 378 g/mol. The van der Waals surface area contributed by atoms with E-state index < -0.39 is 0 Å². The molecule has 2 aromatic heterocycles. The van der Waals surface area contributed by atoms with Crippen LogP contribution < -0.4 is 14.8 Å². The van der Waals surface area contributed by atoms with E-state index in [4.69, 9.17) is 9.47 Å². The lowest BCUT2D eigenvalue weighted by atomic mass is 10.2. The summed E-state index contributed by atoms with van der Waals surface area (Å²) in [4.78, 5) is 16.5. The molecule has 0 aliphatic carbocycles. The van der Waals surface area contributed by atoms with Crippen molar-refractivity contribution >= 4 is 17.7 Å². The van der Waals surface area contributed by atoms with E-state index in [0.29, 0.717) is 36.2 Å². The molecule has 144 valence electrons. The summed E-state index contributed by atoms with van der Waals surface area (Å²) in [5.74, 6) is 1.77. The molecule has 7 heteroatoms. The minimum Gasteiger partial charge on any atom is -0.490 e. The molecule has 0 aliphatic rings. The van der Waals surface area contributed by atoms with Crippen LogP contribution in [0.15, 0.2) is 61.1 Å². The molecule has 1 N–H and O–H groups in total. The highest BCUT2D eigenvalue weighted by Gasteiger charge is 2.06. The first-order valence-electron chi connectivity index (χ1n) is 9.04. The van der Waals surface area contributed by atoms with Gasteiger partial charge in [-0.3, -0.25) is 4.79 Å². The maximum Gasteiger partial charge on any atom is 0.248 e. The predicted molar refractivity (Wildman–Crippen MR) is 108 cm³/mol. The maximum absolute atomic E-state index is 12.2. The number of aromatic nitrogens is 3. The van der Waals surface area contributed by atoms with Crippen LogP contribution in [0.4, 0.5) is 5.69 Å². The quantitative estimate of drug-likeness (QED) is 0.605. The average Bonchev–Trinajstić information content (AvgIpc) is 3.24. The molecule has 1 amide bonds. The van der Waals surface area contributed by atoms with E-state index in [0.717, 1.165) is 5.56 Å². The predicted octanol–water partition coefficient (Wildman–Crippen LogP) is 3.72. The van der Waals surface area contributed by atoms with E-state index in [9.17, 15) is 4.79 Å². The first-order chi connectivity index (χ1) is 13.7. The third-order valence-electron chi connectivity index (χ3n) is 3.75. The van der Waals surface area contributed by atoms with Crippen molar-refractivity contribution in [3.8, 4) is 17.3 Å². The summed E-state index contributed by atoms with van der Waals surface area (Å²) in [5.41, 5.74) is 1.45. The lowest BCUT2D eigenvalue weighted by Gasteiger charge is -2.11. The van der Waals surface area contributed by atoms with Crippen LogP contribution in [0.1, 0.15) is 19.4 Å². The van der Waals surface area contributed by atoms with Crippen molar-refractivity contribution in [1.29, 1.82) is 0 Å². The summed E-state index contributed by atoms with van der Waals surface area (Å²) in [7, 11) is 0. The fourth-order valence-electron chi connectivity index (χ4n) is 2.53. The Hall–Kier alpha value is -3.61. The molecule has 0 saturated carbocycles. The topological polar surface area (TPSA) is 78.3 Å². The number of nitrogens with zero attached hydrogens (tertiary/aromatic N) is 3. The van der Waals surface area contributed by atoms with Gasteiger partial charge in [0.1, 0.15) is 0 Å². The number of ether oxygens (including phenoxy) is 2. The molecule has 1 aromatic carbocycles. The molecular formula is C21H22N4O3. The Kier molecular flexibility index (Phi) is 6.41. The van der Waals surface area contributed by atoms with Crippen LogP contribution in [0.2, 0.25) is 0 Å². The Bertz CT molecular complexity index is 935. The lowest BCUT2D eigenvalue weighted by molar-refractivity contribution is -0.111. The summed E-state index contributed by atoms with van der Waals surface area (Å²) in [6, 6.07) is 10.9. The summed E-state index contributed by atoms with van der Waals surface area (Å²) in [6.45, 7) is 4.93. The van der Waals surface area contributed by atoms with Crippen molar-refractivity contribution in [2.45, 2.75) is 13.8 Å². The van der Waals surface area contributed by atoms with Gasteiger partial charge in [0.05, 0.1) is 25.1 Å². The summed E-state index contributed by atoms with van der Waals surface area (Å²) >= 11 is 0. The zero-order chi connectivity index (χ0) is 19.8. The van der Waals surface area contributed by atoms with E-state index in [1.165, 1.54) is 6.08 Å². The second kappa shape index (κ2) is 9.36. The van der Waals surface area contributed by atoms with Gasteiger partial charge in [0.2, 0.25) is 5.91 Å². The largest absolute Gasteiger partial charge is 0.490 e. The maximum atomic E-state index is 12.2. The van der Waals surface area contributed by atoms with Crippen molar-refractivity contribution in [1.82, 2.24) is 14.8 Å². The monoisotopic (exact) mass is 378 g/mol. The highest BCUT2D eigenvalue weighted by molar-refractivity contribution is 6.01. The third kappa shape index (κ3) is 4.97. The molecule has 0 aliphatic heterocycles. The summed E-state index contributed by atoms with van der Waals surface area (Å²) < 4.78 is 12.8. The van der Waals surface area contributed by atoms with Gasteiger partial charge in [-0.2, -0.15) is 5.10 Å². The number of anilines is 1. The van der Waals surface area contributed by atoms with Crippen LogP contribution in [-0.2, 0) is 4.79 Å². The van der Waals surface area contributed by atoms with Gasteiger partial charge < -0.3 is 14.8 Å². The number of nitrogens with one attached hydrogen (secondary N) is 1. The number of benzene rings is 1. The summed E-state index contributed by atoms with van der Waals surface area (Å²) in [5, 5.41) is 6.90. The van der Waals surface area contributed by atoms with Crippen LogP contribution in [0.5, 0.6) is 11.5 Å². The Morgan fingerprint density at radius 3 is 2.64 bits per heavy atom. The van der Waals surface area contributed by atoms with E-state index in [-0.39, 0.29) is 5.91 Å². The molecule has 0 saturated heterocycles. The number of amides is 1. The fraction of sp³-hybridized carbons (Fsp3) is 0.190. The minimum absolute atomic E-state index is 0.250. The molecule has 0 atom stereocenters. The van der Waals surface area contributed by atoms with Crippen LogP contribution in [0.25, 0.3) is 11.9 Å². The highest BCUT2D eigenvalue weighted by atomic mass is 16.5. The molecule has 7 nitrogen and oxygen atoms in total. The molecule has 0 unspecified atom stereocenters. The zero-order valence-corrected chi connectivity index (χ0v) is 15.8. The van der Waals surface area contributed by atoms with Crippen molar-refractivity contribution in [3.63, 3.8) is 0 Å². The van der Waals surface area contributed by atoms with Crippen molar-refractivity contribution in [3.05, 3.63) is 66.6 Å². The second-order valence-corrected chi connectivity index (χ2v) is 5.75. The zero-order valence-electron chi connectivity index (χ0n) is 15.8. The third-order valence-corrected chi connectivity index (χ3v) is 3.75. The van der Waals surface area contributed by atoms with E-state index in [1.54, 1.807) is 41.5 Å². The van der Waals surface area contributed by atoms with Crippen molar-refractivity contribution in [2.75, 3.05) is 18.5 Å².